The summed E-state index contributed by atoms with van der Waals surface area (Å²) in [5, 5.41) is 2.79. The van der Waals surface area contributed by atoms with E-state index in [0.717, 1.165) is 28.3 Å². The van der Waals surface area contributed by atoms with Gasteiger partial charge in [0.05, 0.1) is 0 Å². The van der Waals surface area contributed by atoms with Crippen LogP contribution in [0.2, 0.25) is 5.02 Å². The van der Waals surface area contributed by atoms with E-state index in [2.05, 4.69) is 23.4 Å². The van der Waals surface area contributed by atoms with Crippen LogP contribution in [0.5, 0.6) is 0 Å². The monoisotopic (exact) mass is 405 g/mol. The number of terminal acetylenes is 1. The van der Waals surface area contributed by atoms with Gasteiger partial charge in [0.1, 0.15) is 18.5 Å². The van der Waals surface area contributed by atoms with Crippen LogP contribution in [-0.4, -0.2) is 12.7 Å². The average molecular weight is 406 g/mol. The Kier molecular flexibility index (Phi) is 5.24. The fraction of sp³-hybridized carbons (Fsp3) is 0.125. The summed E-state index contributed by atoms with van der Waals surface area (Å²) in [4.78, 5) is 12.4. The van der Waals surface area contributed by atoms with Crippen molar-refractivity contribution in [2.24, 2.45) is 0 Å². The summed E-state index contributed by atoms with van der Waals surface area (Å²) in [5.74, 6) is 1.72. The lowest BCUT2D eigenvalue weighted by Crippen LogP contribution is -2.30. The van der Waals surface area contributed by atoms with E-state index in [-0.39, 0.29) is 23.1 Å². The SMILES string of the molecule is C#CC(NC(=O)OCC1c2ccccc2-c2ccccc21)c1ccc(Cl)cc1F. The molecule has 3 nitrogen and oxygen atoms in total. The maximum absolute atomic E-state index is 14.1. The largest absolute Gasteiger partial charge is 0.449 e. The lowest BCUT2D eigenvalue weighted by Gasteiger charge is -2.17. The molecule has 1 aliphatic rings. The molecule has 1 N–H and O–H groups in total. The number of hydrogen-bond donors (Lipinski definition) is 1. The summed E-state index contributed by atoms with van der Waals surface area (Å²) in [6.45, 7) is 0.153. The van der Waals surface area contributed by atoms with Gasteiger partial charge in [0, 0.05) is 16.5 Å². The number of fused-ring (bicyclic) bond motifs is 3. The van der Waals surface area contributed by atoms with Gasteiger partial charge in [-0.2, -0.15) is 0 Å². The van der Waals surface area contributed by atoms with E-state index in [0.29, 0.717) is 0 Å². The smallest absolute Gasteiger partial charge is 0.408 e. The fourth-order valence-corrected chi connectivity index (χ4v) is 3.86. The predicted molar refractivity (Wildman–Crippen MR) is 111 cm³/mol. The molecular formula is C24H17ClFNO2. The zero-order valence-electron chi connectivity index (χ0n) is 15.4. The second-order valence-corrected chi connectivity index (χ2v) is 7.17. The maximum atomic E-state index is 14.1. The predicted octanol–water partition coefficient (Wildman–Crippen LogP) is 5.69. The molecule has 0 aromatic heterocycles. The molecule has 0 aliphatic heterocycles. The van der Waals surface area contributed by atoms with Gasteiger partial charge in [-0.05, 0) is 34.4 Å². The highest BCUT2D eigenvalue weighted by Crippen LogP contribution is 2.44. The van der Waals surface area contributed by atoms with Crippen molar-refractivity contribution in [2.75, 3.05) is 6.61 Å². The normalized spacial score (nSPS) is 13.1. The Morgan fingerprint density at radius 2 is 1.72 bits per heavy atom. The third-order valence-electron chi connectivity index (χ3n) is 5.05. The van der Waals surface area contributed by atoms with Gasteiger partial charge < -0.3 is 10.1 Å². The molecule has 4 rings (SSSR count). The Balaban J connectivity index is 1.48. The van der Waals surface area contributed by atoms with Crippen molar-refractivity contribution in [1.82, 2.24) is 5.32 Å². The van der Waals surface area contributed by atoms with Crippen molar-refractivity contribution >= 4 is 17.7 Å². The molecule has 0 spiro atoms. The molecule has 144 valence electrons. The molecule has 0 saturated heterocycles. The van der Waals surface area contributed by atoms with Crippen molar-refractivity contribution in [3.05, 3.63) is 94.3 Å². The lowest BCUT2D eigenvalue weighted by atomic mass is 9.98. The molecule has 1 amide bonds. The minimum atomic E-state index is -0.956. The number of alkyl carbamates (subject to hydrolysis) is 1. The molecule has 0 saturated carbocycles. The Morgan fingerprint density at radius 3 is 2.31 bits per heavy atom. The minimum absolute atomic E-state index is 0.0651. The van der Waals surface area contributed by atoms with Gasteiger partial charge in [-0.1, -0.05) is 72.1 Å². The summed E-state index contributed by atoms with van der Waals surface area (Å²) in [6.07, 6.45) is 4.78. The van der Waals surface area contributed by atoms with Crippen LogP contribution in [0, 0.1) is 18.2 Å². The molecule has 0 bridgehead atoms. The lowest BCUT2D eigenvalue weighted by molar-refractivity contribution is 0.141. The van der Waals surface area contributed by atoms with E-state index in [1.807, 2.05) is 36.4 Å². The third-order valence-corrected chi connectivity index (χ3v) is 5.28. The van der Waals surface area contributed by atoms with Crippen LogP contribution in [0.25, 0.3) is 11.1 Å². The highest BCUT2D eigenvalue weighted by molar-refractivity contribution is 6.30. The summed E-state index contributed by atoms with van der Waals surface area (Å²) < 4.78 is 19.6. The van der Waals surface area contributed by atoms with Crippen LogP contribution in [0.3, 0.4) is 0 Å². The molecule has 1 aliphatic carbocycles. The second kappa shape index (κ2) is 7.98. The van der Waals surface area contributed by atoms with Gasteiger partial charge in [0.15, 0.2) is 0 Å². The first kappa shape index (κ1) is 19.0. The zero-order chi connectivity index (χ0) is 20.4. The zero-order valence-corrected chi connectivity index (χ0v) is 16.1. The number of amides is 1. The van der Waals surface area contributed by atoms with E-state index < -0.39 is 18.0 Å². The molecule has 0 fully saturated rings. The first-order valence-electron chi connectivity index (χ1n) is 9.11. The molecule has 0 radical (unpaired) electrons. The number of nitrogens with one attached hydrogen (secondary N) is 1. The number of benzene rings is 3. The van der Waals surface area contributed by atoms with E-state index in [9.17, 15) is 9.18 Å². The van der Waals surface area contributed by atoms with Crippen molar-refractivity contribution < 1.29 is 13.9 Å². The quantitative estimate of drug-likeness (QED) is 0.566. The summed E-state index contributed by atoms with van der Waals surface area (Å²) in [5.41, 5.74) is 4.66. The molecule has 0 heterocycles. The Labute approximate surface area is 173 Å². The van der Waals surface area contributed by atoms with Crippen molar-refractivity contribution in [3.8, 4) is 23.5 Å². The van der Waals surface area contributed by atoms with E-state index in [1.54, 1.807) is 0 Å². The van der Waals surface area contributed by atoms with Gasteiger partial charge in [0.25, 0.3) is 0 Å². The van der Waals surface area contributed by atoms with Gasteiger partial charge in [-0.15, -0.1) is 6.42 Å². The summed E-state index contributed by atoms with van der Waals surface area (Å²) in [6, 6.07) is 19.3. The highest BCUT2D eigenvalue weighted by atomic mass is 35.5. The number of hydrogen-bond acceptors (Lipinski definition) is 2. The number of ether oxygens (including phenoxy) is 1. The van der Waals surface area contributed by atoms with Crippen molar-refractivity contribution in [1.29, 1.82) is 0 Å². The van der Waals surface area contributed by atoms with Crippen molar-refractivity contribution in [2.45, 2.75) is 12.0 Å². The van der Waals surface area contributed by atoms with E-state index in [1.165, 1.54) is 12.1 Å². The van der Waals surface area contributed by atoms with Gasteiger partial charge in [0.2, 0.25) is 0 Å². The molecule has 5 heteroatoms. The highest BCUT2D eigenvalue weighted by Gasteiger charge is 2.29. The van der Waals surface area contributed by atoms with Crippen LogP contribution in [-0.2, 0) is 4.74 Å². The second-order valence-electron chi connectivity index (χ2n) is 6.74. The van der Waals surface area contributed by atoms with Crippen LogP contribution < -0.4 is 5.32 Å². The molecule has 3 aromatic carbocycles. The number of halogens is 2. The van der Waals surface area contributed by atoms with Crippen molar-refractivity contribution in [3.63, 3.8) is 0 Å². The van der Waals surface area contributed by atoms with Gasteiger partial charge in [-0.3, -0.25) is 0 Å². The van der Waals surface area contributed by atoms with Gasteiger partial charge in [-0.25, -0.2) is 9.18 Å². The summed E-state index contributed by atoms with van der Waals surface area (Å²) in [7, 11) is 0. The van der Waals surface area contributed by atoms with Crippen LogP contribution in [0.15, 0.2) is 66.7 Å². The molecule has 29 heavy (non-hydrogen) atoms. The van der Waals surface area contributed by atoms with E-state index >= 15 is 0 Å². The topological polar surface area (TPSA) is 38.3 Å². The van der Waals surface area contributed by atoms with Gasteiger partial charge >= 0.3 is 6.09 Å². The molecule has 3 aromatic rings. The van der Waals surface area contributed by atoms with Crippen LogP contribution >= 0.6 is 11.6 Å². The first-order chi connectivity index (χ1) is 14.1. The number of carbonyl (C=O) groups is 1. The first-order valence-corrected chi connectivity index (χ1v) is 9.49. The molecular weight excluding hydrogens is 389 g/mol. The standard InChI is InChI=1S/C24H17ClFNO2/c1-2-23(20-12-11-15(25)13-22(20)26)27-24(28)29-14-21-18-9-5-3-7-16(18)17-8-4-6-10-19(17)21/h1,3-13,21,23H,14H2,(H,27,28). The minimum Gasteiger partial charge on any atom is -0.449 e. The van der Waals surface area contributed by atoms with Crippen LogP contribution in [0.1, 0.15) is 28.7 Å². The van der Waals surface area contributed by atoms with Crippen LogP contribution in [0.4, 0.5) is 9.18 Å². The number of carbonyl (C=O) groups excluding carboxylic acids is 1. The van der Waals surface area contributed by atoms with E-state index in [4.69, 9.17) is 22.8 Å². The fourth-order valence-electron chi connectivity index (χ4n) is 3.70. The average Bonchev–Trinajstić information content (AvgIpc) is 3.05. The molecule has 1 atom stereocenters. The Bertz CT molecular complexity index is 1080. The maximum Gasteiger partial charge on any atom is 0.408 e. The Morgan fingerprint density at radius 1 is 1.10 bits per heavy atom. The third kappa shape index (κ3) is 3.70. The Hall–Kier alpha value is -3.29. The number of rotatable bonds is 4. The summed E-state index contributed by atoms with van der Waals surface area (Å²) >= 11 is 5.77. The molecule has 1 unspecified atom stereocenters.